The fraction of sp³-hybridized carbons (Fsp3) is 0.889. The van der Waals surface area contributed by atoms with Crippen molar-refractivity contribution in [3.05, 3.63) is 0 Å². The van der Waals surface area contributed by atoms with Crippen LogP contribution in [0.5, 0.6) is 0 Å². The molecule has 0 radical (unpaired) electrons. The zero-order valence-corrected chi connectivity index (χ0v) is 9.59. The summed E-state index contributed by atoms with van der Waals surface area (Å²) in [7, 11) is 0. The van der Waals surface area contributed by atoms with Crippen molar-refractivity contribution >= 4 is 17.7 Å². The molecule has 1 atom stereocenters. The number of carbonyl (C=O) groups is 1. The lowest BCUT2D eigenvalue weighted by Gasteiger charge is -2.15. The monoisotopic (exact) mass is 256 g/mol. The number of amides is 1. The molecular weight excluding hydrogens is 241 g/mol. The third-order valence-electron chi connectivity index (χ3n) is 2.29. The summed E-state index contributed by atoms with van der Waals surface area (Å²) in [6.45, 7) is 0.858. The first-order valence-corrected chi connectivity index (χ1v) is 6.19. The lowest BCUT2D eigenvalue weighted by atomic mass is 10.1. The predicted molar refractivity (Wildman–Crippen MR) is 57.2 cm³/mol. The van der Waals surface area contributed by atoms with Gasteiger partial charge in [-0.05, 0) is 31.0 Å². The van der Waals surface area contributed by atoms with Gasteiger partial charge in [0, 0.05) is 18.8 Å². The molecule has 1 fully saturated rings. The molecule has 0 bridgehead atoms. The van der Waals surface area contributed by atoms with Gasteiger partial charge in [-0.1, -0.05) is 0 Å². The maximum atomic E-state index is 11.8. The van der Waals surface area contributed by atoms with E-state index in [0.717, 1.165) is 12.8 Å². The highest BCUT2D eigenvalue weighted by atomic mass is 32.2. The van der Waals surface area contributed by atoms with Gasteiger partial charge in [0.25, 0.3) is 0 Å². The second-order valence-corrected chi connectivity index (χ2v) is 4.75. The molecule has 2 N–H and O–H groups in total. The van der Waals surface area contributed by atoms with Crippen LogP contribution < -0.4 is 10.6 Å². The van der Waals surface area contributed by atoms with Crippen molar-refractivity contribution in [1.82, 2.24) is 10.6 Å². The maximum Gasteiger partial charge on any atom is 0.441 e. The number of halogens is 3. The first-order valence-electron chi connectivity index (χ1n) is 5.21. The lowest BCUT2D eigenvalue weighted by molar-refractivity contribution is -0.122. The second kappa shape index (κ2) is 6.34. The van der Waals surface area contributed by atoms with E-state index < -0.39 is 5.51 Å². The maximum absolute atomic E-state index is 11.8. The fourth-order valence-corrected chi connectivity index (χ4v) is 1.99. The number of alkyl halides is 3. The quantitative estimate of drug-likeness (QED) is 0.749. The van der Waals surface area contributed by atoms with Gasteiger partial charge in [0.2, 0.25) is 5.91 Å². The molecule has 16 heavy (non-hydrogen) atoms. The van der Waals surface area contributed by atoms with Gasteiger partial charge >= 0.3 is 5.51 Å². The van der Waals surface area contributed by atoms with Crippen molar-refractivity contribution in [3.8, 4) is 0 Å². The van der Waals surface area contributed by atoms with Gasteiger partial charge in [-0.15, -0.1) is 0 Å². The molecule has 0 saturated carbocycles. The van der Waals surface area contributed by atoms with Crippen LogP contribution in [-0.2, 0) is 4.79 Å². The number of rotatable bonds is 4. The topological polar surface area (TPSA) is 41.1 Å². The lowest BCUT2D eigenvalue weighted by Crippen LogP contribution is -2.43. The van der Waals surface area contributed by atoms with E-state index in [1.165, 1.54) is 0 Å². The van der Waals surface area contributed by atoms with E-state index in [-0.39, 0.29) is 36.0 Å². The van der Waals surface area contributed by atoms with E-state index in [4.69, 9.17) is 0 Å². The minimum atomic E-state index is -4.19. The molecule has 0 aromatic rings. The molecule has 0 aliphatic carbocycles. The van der Waals surface area contributed by atoms with Gasteiger partial charge in [-0.25, -0.2) is 0 Å². The van der Waals surface area contributed by atoms with Gasteiger partial charge in [0.05, 0.1) is 6.04 Å². The SMILES string of the molecule is O=C1NCCCCC1NCCSC(F)(F)F. The van der Waals surface area contributed by atoms with Crippen LogP contribution in [0, 0.1) is 0 Å². The number of hydrogen-bond donors (Lipinski definition) is 2. The fourth-order valence-electron chi connectivity index (χ4n) is 1.53. The zero-order chi connectivity index (χ0) is 12.0. The molecule has 3 nitrogen and oxygen atoms in total. The summed E-state index contributed by atoms with van der Waals surface area (Å²) in [5, 5.41) is 5.57. The van der Waals surface area contributed by atoms with Crippen molar-refractivity contribution in [3.63, 3.8) is 0 Å². The third-order valence-corrected chi connectivity index (χ3v) is 3.03. The number of thioether (sulfide) groups is 1. The van der Waals surface area contributed by atoms with E-state index >= 15 is 0 Å². The highest BCUT2D eigenvalue weighted by Gasteiger charge is 2.28. The Bertz CT molecular complexity index is 235. The standard InChI is InChI=1S/C9H15F3N2OS/c10-9(11,12)16-6-5-13-7-3-1-2-4-14-8(7)15/h7,13H,1-6H2,(H,14,15). The highest BCUT2D eigenvalue weighted by Crippen LogP contribution is 2.29. The Hall–Kier alpha value is -0.430. The van der Waals surface area contributed by atoms with Crippen LogP contribution in [0.4, 0.5) is 13.2 Å². The minimum Gasteiger partial charge on any atom is -0.355 e. The van der Waals surface area contributed by atoms with Crippen LogP contribution in [0.1, 0.15) is 19.3 Å². The molecule has 1 rings (SSSR count). The summed E-state index contributed by atoms with van der Waals surface area (Å²) in [6, 6.07) is -0.337. The molecule has 1 unspecified atom stereocenters. The Morgan fingerprint density at radius 2 is 2.19 bits per heavy atom. The molecular formula is C9H15F3N2OS. The first-order chi connectivity index (χ1) is 7.49. The van der Waals surface area contributed by atoms with E-state index in [1.807, 2.05) is 0 Å². The van der Waals surface area contributed by atoms with Gasteiger partial charge in [-0.3, -0.25) is 4.79 Å². The van der Waals surface area contributed by atoms with E-state index in [9.17, 15) is 18.0 Å². The van der Waals surface area contributed by atoms with Crippen LogP contribution in [0.3, 0.4) is 0 Å². The second-order valence-electron chi connectivity index (χ2n) is 3.59. The summed E-state index contributed by atoms with van der Waals surface area (Å²) in [4.78, 5) is 11.4. The van der Waals surface area contributed by atoms with Crippen molar-refractivity contribution in [1.29, 1.82) is 0 Å². The summed E-state index contributed by atoms with van der Waals surface area (Å²) >= 11 is -0.0656. The Kier molecular flexibility index (Phi) is 5.40. The molecule has 1 aliphatic rings. The largest absolute Gasteiger partial charge is 0.441 e. The van der Waals surface area contributed by atoms with Gasteiger partial charge in [0.15, 0.2) is 0 Å². The van der Waals surface area contributed by atoms with Crippen LogP contribution in [0.2, 0.25) is 0 Å². The van der Waals surface area contributed by atoms with Crippen LogP contribution in [0.25, 0.3) is 0 Å². The third kappa shape index (κ3) is 5.60. The van der Waals surface area contributed by atoms with Gasteiger partial charge in [-0.2, -0.15) is 13.2 Å². The summed E-state index contributed by atoms with van der Waals surface area (Å²) in [5.74, 6) is -0.165. The summed E-state index contributed by atoms with van der Waals surface area (Å²) in [6.07, 6.45) is 2.55. The van der Waals surface area contributed by atoms with Gasteiger partial charge in [0.1, 0.15) is 0 Å². The zero-order valence-electron chi connectivity index (χ0n) is 8.77. The van der Waals surface area contributed by atoms with E-state index in [0.29, 0.717) is 13.0 Å². The van der Waals surface area contributed by atoms with E-state index in [1.54, 1.807) is 0 Å². The number of hydrogen-bond acceptors (Lipinski definition) is 3. The van der Waals surface area contributed by atoms with Crippen molar-refractivity contribution in [2.75, 3.05) is 18.8 Å². The van der Waals surface area contributed by atoms with Crippen molar-refractivity contribution in [2.24, 2.45) is 0 Å². The average Bonchev–Trinajstić information content (AvgIpc) is 2.37. The Morgan fingerprint density at radius 1 is 1.44 bits per heavy atom. The number of carbonyl (C=O) groups excluding carboxylic acids is 1. The van der Waals surface area contributed by atoms with Crippen LogP contribution >= 0.6 is 11.8 Å². The molecule has 94 valence electrons. The molecule has 1 aliphatic heterocycles. The molecule has 0 spiro atoms. The van der Waals surface area contributed by atoms with Crippen LogP contribution in [0.15, 0.2) is 0 Å². The predicted octanol–water partition coefficient (Wildman–Crippen LogP) is 1.50. The highest BCUT2D eigenvalue weighted by molar-refractivity contribution is 8.00. The Labute approximate surface area is 96.5 Å². The van der Waals surface area contributed by atoms with E-state index in [2.05, 4.69) is 10.6 Å². The molecule has 0 aromatic carbocycles. The molecule has 7 heteroatoms. The Morgan fingerprint density at radius 3 is 2.88 bits per heavy atom. The summed E-state index contributed by atoms with van der Waals surface area (Å²) in [5.41, 5.74) is -4.19. The molecule has 1 amide bonds. The van der Waals surface area contributed by atoms with Crippen molar-refractivity contribution in [2.45, 2.75) is 30.8 Å². The average molecular weight is 256 g/mol. The number of nitrogens with one attached hydrogen (secondary N) is 2. The van der Waals surface area contributed by atoms with Crippen molar-refractivity contribution < 1.29 is 18.0 Å². The van der Waals surface area contributed by atoms with Crippen LogP contribution in [-0.4, -0.2) is 36.3 Å². The first kappa shape index (κ1) is 13.6. The molecule has 1 saturated heterocycles. The summed E-state index contributed by atoms with van der Waals surface area (Å²) < 4.78 is 35.5. The van der Waals surface area contributed by atoms with Gasteiger partial charge < -0.3 is 10.6 Å². The smallest absolute Gasteiger partial charge is 0.355 e. The molecule has 1 heterocycles. The Balaban J connectivity index is 2.18. The minimum absolute atomic E-state index is 0.0622. The normalized spacial score (nSPS) is 22.7. The molecule has 0 aromatic heterocycles.